The minimum atomic E-state index is -0.473. The van der Waals surface area contributed by atoms with E-state index >= 15 is 0 Å². The molecule has 122 valence electrons. The number of nitro benzene ring substituents is 1. The summed E-state index contributed by atoms with van der Waals surface area (Å²) in [5.74, 6) is -0.616. The molecular formula is C16H19N3O4. The summed E-state index contributed by atoms with van der Waals surface area (Å²) < 4.78 is 0. The van der Waals surface area contributed by atoms with Gasteiger partial charge in [-0.3, -0.25) is 24.6 Å². The lowest BCUT2D eigenvalue weighted by molar-refractivity contribution is -0.383. The van der Waals surface area contributed by atoms with Gasteiger partial charge in [0.25, 0.3) is 5.69 Å². The Kier molecular flexibility index (Phi) is 4.27. The number of nitrogens with zero attached hydrogens (tertiary/aromatic N) is 2. The van der Waals surface area contributed by atoms with Crippen LogP contribution in [-0.2, 0) is 9.59 Å². The molecule has 0 aromatic heterocycles. The van der Waals surface area contributed by atoms with Crippen LogP contribution in [0.3, 0.4) is 0 Å². The molecular weight excluding hydrogens is 298 g/mol. The zero-order chi connectivity index (χ0) is 16.4. The Labute approximate surface area is 133 Å². The van der Waals surface area contributed by atoms with Crippen molar-refractivity contribution >= 4 is 28.9 Å². The molecule has 2 aliphatic rings. The number of imide groups is 1. The molecule has 2 fully saturated rings. The molecule has 7 nitrogen and oxygen atoms in total. The van der Waals surface area contributed by atoms with Crippen LogP contribution in [0.25, 0.3) is 0 Å². The topological polar surface area (TPSA) is 92.6 Å². The standard InChI is InChI=1S/C16H19N3O4/c20-15-8-9-16(21)18(15)12-6-7-13(14(10-12)19(22)23)17-11-4-2-1-3-5-11/h6-7,10-11,17H,1-5,8-9H2. The number of anilines is 2. The van der Waals surface area contributed by atoms with Crippen LogP contribution in [0.1, 0.15) is 44.9 Å². The molecule has 23 heavy (non-hydrogen) atoms. The van der Waals surface area contributed by atoms with Crippen molar-refractivity contribution in [2.24, 2.45) is 0 Å². The number of hydrogen-bond acceptors (Lipinski definition) is 5. The van der Waals surface area contributed by atoms with Crippen molar-refractivity contribution in [2.45, 2.75) is 51.0 Å². The second-order valence-corrected chi connectivity index (χ2v) is 6.06. The maximum absolute atomic E-state index is 11.8. The van der Waals surface area contributed by atoms with Crippen molar-refractivity contribution in [3.63, 3.8) is 0 Å². The molecule has 0 unspecified atom stereocenters. The molecule has 0 atom stereocenters. The molecule has 7 heteroatoms. The average Bonchev–Trinajstić information content (AvgIpc) is 2.88. The van der Waals surface area contributed by atoms with Crippen LogP contribution in [0.15, 0.2) is 18.2 Å². The minimum Gasteiger partial charge on any atom is -0.377 e. The summed E-state index contributed by atoms with van der Waals surface area (Å²) in [6.45, 7) is 0. The van der Waals surface area contributed by atoms with E-state index in [0.717, 1.165) is 30.6 Å². The van der Waals surface area contributed by atoms with Crippen LogP contribution >= 0.6 is 0 Å². The second-order valence-electron chi connectivity index (χ2n) is 6.06. The highest BCUT2D eigenvalue weighted by atomic mass is 16.6. The third-order valence-electron chi connectivity index (χ3n) is 4.45. The first-order chi connectivity index (χ1) is 11.1. The molecule has 1 aliphatic heterocycles. The number of nitrogens with one attached hydrogen (secondary N) is 1. The van der Waals surface area contributed by atoms with Gasteiger partial charge in [0.05, 0.1) is 10.6 Å². The van der Waals surface area contributed by atoms with Gasteiger partial charge in [-0.1, -0.05) is 19.3 Å². The number of hydrogen-bond donors (Lipinski definition) is 1. The van der Waals surface area contributed by atoms with Crippen molar-refractivity contribution in [1.82, 2.24) is 0 Å². The van der Waals surface area contributed by atoms with Crippen molar-refractivity contribution in [2.75, 3.05) is 10.2 Å². The number of carbonyl (C=O) groups is 2. The van der Waals surface area contributed by atoms with Gasteiger partial charge in [-0.05, 0) is 25.0 Å². The summed E-state index contributed by atoms with van der Waals surface area (Å²) in [7, 11) is 0. The Hall–Kier alpha value is -2.44. The Morgan fingerprint density at radius 2 is 1.74 bits per heavy atom. The monoisotopic (exact) mass is 317 g/mol. The summed E-state index contributed by atoms with van der Waals surface area (Å²) in [4.78, 5) is 35.5. The predicted molar refractivity (Wildman–Crippen MR) is 85.3 cm³/mol. The van der Waals surface area contributed by atoms with E-state index in [4.69, 9.17) is 0 Å². The van der Waals surface area contributed by atoms with E-state index in [1.54, 1.807) is 12.1 Å². The SMILES string of the molecule is O=C1CCC(=O)N1c1ccc(NC2CCCCC2)c([N+](=O)[O-])c1. The highest BCUT2D eigenvalue weighted by Gasteiger charge is 2.32. The summed E-state index contributed by atoms with van der Waals surface area (Å²) in [6.07, 6.45) is 5.78. The first kappa shape index (κ1) is 15.5. The third kappa shape index (κ3) is 3.18. The van der Waals surface area contributed by atoms with Crippen LogP contribution in [0.5, 0.6) is 0 Å². The fraction of sp³-hybridized carbons (Fsp3) is 0.500. The zero-order valence-corrected chi connectivity index (χ0v) is 12.8. The largest absolute Gasteiger partial charge is 0.377 e. The maximum atomic E-state index is 11.8. The number of benzene rings is 1. The number of carbonyl (C=O) groups excluding carboxylic acids is 2. The Morgan fingerprint density at radius 1 is 1.09 bits per heavy atom. The van der Waals surface area contributed by atoms with E-state index in [0.29, 0.717) is 5.69 Å². The normalized spacial score (nSPS) is 19.2. The average molecular weight is 317 g/mol. The zero-order valence-electron chi connectivity index (χ0n) is 12.8. The van der Waals surface area contributed by atoms with Crippen LogP contribution in [0.2, 0.25) is 0 Å². The molecule has 1 aromatic carbocycles. The van der Waals surface area contributed by atoms with Crippen molar-refractivity contribution in [3.8, 4) is 0 Å². The van der Waals surface area contributed by atoms with Crippen LogP contribution in [0, 0.1) is 10.1 Å². The number of nitro groups is 1. The van der Waals surface area contributed by atoms with Crippen LogP contribution < -0.4 is 10.2 Å². The molecule has 0 spiro atoms. The highest BCUT2D eigenvalue weighted by Crippen LogP contribution is 2.33. The molecule has 1 saturated heterocycles. The molecule has 0 bridgehead atoms. The lowest BCUT2D eigenvalue weighted by Crippen LogP contribution is -2.28. The van der Waals surface area contributed by atoms with Gasteiger partial charge in [0.15, 0.2) is 0 Å². The maximum Gasteiger partial charge on any atom is 0.294 e. The van der Waals surface area contributed by atoms with Gasteiger partial charge in [-0.15, -0.1) is 0 Å². The van der Waals surface area contributed by atoms with Crippen molar-refractivity contribution in [1.29, 1.82) is 0 Å². The fourth-order valence-corrected chi connectivity index (χ4v) is 3.26. The van der Waals surface area contributed by atoms with Gasteiger partial charge < -0.3 is 5.32 Å². The summed E-state index contributed by atoms with van der Waals surface area (Å²) >= 11 is 0. The van der Waals surface area contributed by atoms with E-state index in [1.165, 1.54) is 12.5 Å². The third-order valence-corrected chi connectivity index (χ3v) is 4.45. The lowest BCUT2D eigenvalue weighted by Gasteiger charge is -2.24. The Bertz CT molecular complexity index is 637. The van der Waals surface area contributed by atoms with Gasteiger partial charge >= 0.3 is 0 Å². The van der Waals surface area contributed by atoms with E-state index in [2.05, 4.69) is 5.32 Å². The molecule has 1 aromatic rings. The predicted octanol–water partition coefficient (Wildman–Crippen LogP) is 2.99. The van der Waals surface area contributed by atoms with Gasteiger partial charge in [-0.25, -0.2) is 0 Å². The number of rotatable bonds is 4. The summed E-state index contributed by atoms with van der Waals surface area (Å²) in [6, 6.07) is 4.75. The van der Waals surface area contributed by atoms with E-state index in [1.807, 2.05) is 0 Å². The van der Waals surface area contributed by atoms with Crippen LogP contribution in [-0.4, -0.2) is 22.8 Å². The first-order valence-electron chi connectivity index (χ1n) is 7.97. The fourth-order valence-electron chi connectivity index (χ4n) is 3.26. The Morgan fingerprint density at radius 3 is 2.35 bits per heavy atom. The van der Waals surface area contributed by atoms with Gasteiger partial charge in [0, 0.05) is 24.9 Å². The smallest absolute Gasteiger partial charge is 0.294 e. The Balaban J connectivity index is 1.87. The summed E-state index contributed by atoms with van der Waals surface area (Å²) in [5.41, 5.74) is 0.628. The van der Waals surface area contributed by atoms with Crippen molar-refractivity contribution in [3.05, 3.63) is 28.3 Å². The van der Waals surface area contributed by atoms with Gasteiger partial charge in [0.1, 0.15) is 5.69 Å². The molecule has 1 heterocycles. The second kappa shape index (κ2) is 6.36. The minimum absolute atomic E-state index is 0.0967. The van der Waals surface area contributed by atoms with Crippen LogP contribution in [0.4, 0.5) is 17.1 Å². The molecule has 0 radical (unpaired) electrons. The molecule has 1 saturated carbocycles. The lowest BCUT2D eigenvalue weighted by atomic mass is 9.95. The van der Waals surface area contributed by atoms with Gasteiger partial charge in [-0.2, -0.15) is 0 Å². The first-order valence-corrected chi connectivity index (χ1v) is 7.97. The molecule has 1 aliphatic carbocycles. The number of amides is 2. The van der Waals surface area contributed by atoms with E-state index in [9.17, 15) is 19.7 Å². The van der Waals surface area contributed by atoms with Gasteiger partial charge in [0.2, 0.25) is 11.8 Å². The molecule has 3 rings (SSSR count). The quantitative estimate of drug-likeness (QED) is 0.523. The molecule has 1 N–H and O–H groups in total. The highest BCUT2D eigenvalue weighted by molar-refractivity contribution is 6.20. The van der Waals surface area contributed by atoms with Crippen molar-refractivity contribution < 1.29 is 14.5 Å². The summed E-state index contributed by atoms with van der Waals surface area (Å²) in [5, 5.41) is 14.6. The molecule has 2 amide bonds. The van der Waals surface area contributed by atoms with E-state index in [-0.39, 0.29) is 42.1 Å². The van der Waals surface area contributed by atoms with E-state index < -0.39 is 4.92 Å².